The average Bonchev–Trinajstić information content (AvgIpc) is 3.58. The molecule has 3 N–H and O–H groups in total. The number of hydrogen-bond donors (Lipinski definition) is 3. The minimum atomic E-state index is -0.373. The predicted octanol–water partition coefficient (Wildman–Crippen LogP) is 4.04. The van der Waals surface area contributed by atoms with Gasteiger partial charge in [-0.2, -0.15) is 11.3 Å². The molecule has 0 unspecified atom stereocenters. The van der Waals surface area contributed by atoms with Crippen LogP contribution in [0.15, 0.2) is 71.7 Å². The third kappa shape index (κ3) is 4.58. The maximum absolute atomic E-state index is 13.3. The van der Waals surface area contributed by atoms with Crippen molar-refractivity contribution in [3.05, 3.63) is 88.5 Å². The summed E-state index contributed by atoms with van der Waals surface area (Å²) in [6, 6.07) is 14.7. The number of aromatic nitrogens is 3. The van der Waals surface area contributed by atoms with E-state index in [2.05, 4.69) is 15.6 Å². The van der Waals surface area contributed by atoms with E-state index in [1.807, 2.05) is 54.1 Å². The first-order valence-electron chi connectivity index (χ1n) is 11.7. The molecule has 1 aromatic carbocycles. The molecular weight excluding hydrogens is 474 g/mol. The Morgan fingerprint density at radius 3 is 2.81 bits per heavy atom. The molecular formula is C27H25N5O3S. The Kier molecular flexibility index (Phi) is 6.75. The summed E-state index contributed by atoms with van der Waals surface area (Å²) in [6.45, 7) is 2.07. The van der Waals surface area contributed by atoms with E-state index in [1.165, 1.54) is 11.3 Å². The second kappa shape index (κ2) is 10.3. The van der Waals surface area contributed by atoms with Crippen molar-refractivity contribution in [2.75, 3.05) is 6.61 Å². The highest BCUT2D eigenvalue weighted by molar-refractivity contribution is 7.08. The highest BCUT2D eigenvalue weighted by atomic mass is 32.1. The van der Waals surface area contributed by atoms with Crippen LogP contribution in [0.5, 0.6) is 0 Å². The molecule has 1 atom stereocenters. The van der Waals surface area contributed by atoms with Gasteiger partial charge in [0.25, 0.3) is 11.8 Å². The van der Waals surface area contributed by atoms with Crippen LogP contribution < -0.4 is 10.6 Å². The van der Waals surface area contributed by atoms with Crippen LogP contribution in [0.2, 0.25) is 0 Å². The zero-order chi connectivity index (χ0) is 25.1. The zero-order valence-corrected chi connectivity index (χ0v) is 20.5. The second-order valence-corrected chi connectivity index (χ2v) is 9.19. The number of carbonyl (C=O) groups excluding carboxylic acids is 2. The average molecular weight is 500 g/mol. The zero-order valence-electron chi connectivity index (χ0n) is 19.6. The number of aliphatic hydroxyl groups is 1. The Morgan fingerprint density at radius 2 is 2.03 bits per heavy atom. The van der Waals surface area contributed by atoms with E-state index in [-0.39, 0.29) is 24.5 Å². The highest BCUT2D eigenvalue weighted by Crippen LogP contribution is 2.28. The van der Waals surface area contributed by atoms with Crippen molar-refractivity contribution in [2.45, 2.75) is 25.9 Å². The number of carbonyl (C=O) groups is 2. The van der Waals surface area contributed by atoms with E-state index >= 15 is 0 Å². The van der Waals surface area contributed by atoms with Gasteiger partial charge in [0.2, 0.25) is 0 Å². The van der Waals surface area contributed by atoms with Gasteiger partial charge in [-0.25, -0.2) is 4.98 Å². The molecule has 4 aromatic heterocycles. The highest BCUT2D eigenvalue weighted by Gasteiger charge is 2.25. The molecule has 0 fully saturated rings. The lowest BCUT2D eigenvalue weighted by molar-refractivity contribution is 0.0907. The Morgan fingerprint density at radius 1 is 1.14 bits per heavy atom. The molecule has 4 heterocycles. The monoisotopic (exact) mass is 499 g/mol. The number of nitrogens with one attached hydrogen (secondary N) is 2. The topological polar surface area (TPSA) is 109 Å². The molecule has 8 nitrogen and oxygen atoms in total. The van der Waals surface area contributed by atoms with Crippen molar-refractivity contribution >= 4 is 39.7 Å². The van der Waals surface area contributed by atoms with Gasteiger partial charge < -0.3 is 15.7 Å². The smallest absolute Gasteiger partial charge is 0.270 e. The van der Waals surface area contributed by atoms with Crippen molar-refractivity contribution in [1.82, 2.24) is 25.0 Å². The predicted molar refractivity (Wildman–Crippen MR) is 140 cm³/mol. The molecule has 2 amide bonds. The van der Waals surface area contributed by atoms with Gasteiger partial charge in [-0.3, -0.25) is 19.0 Å². The molecule has 36 heavy (non-hydrogen) atoms. The van der Waals surface area contributed by atoms with Gasteiger partial charge in [0.15, 0.2) is 5.65 Å². The summed E-state index contributed by atoms with van der Waals surface area (Å²) < 4.78 is 1.64. The fraction of sp³-hybridized carbons (Fsp3) is 0.185. The van der Waals surface area contributed by atoms with Crippen molar-refractivity contribution < 1.29 is 14.7 Å². The maximum Gasteiger partial charge on any atom is 0.270 e. The standard InChI is InChI=1S/C27H25N5O3S/c1-2-20(15-33)30-27(35)24-23(19-9-12-36-16-19)31-25-21(6-4-11-32(24)25)26(34)29-14-17-7-8-22-18(13-17)5-3-10-28-22/h3-13,16,20,33H,2,14-15H2,1H3,(H,29,34)(H,30,35)/t20-/m1/s1. The first kappa shape index (κ1) is 23.7. The molecule has 0 aliphatic heterocycles. The van der Waals surface area contributed by atoms with Crippen LogP contribution in [0.1, 0.15) is 39.8 Å². The fourth-order valence-corrected chi connectivity index (χ4v) is 4.75. The lowest BCUT2D eigenvalue weighted by Crippen LogP contribution is -2.37. The summed E-state index contributed by atoms with van der Waals surface area (Å²) in [5.74, 6) is -0.644. The number of benzene rings is 1. The van der Waals surface area contributed by atoms with E-state index in [1.54, 1.807) is 28.9 Å². The number of thiophene rings is 1. The van der Waals surface area contributed by atoms with Crippen LogP contribution in [0.4, 0.5) is 0 Å². The van der Waals surface area contributed by atoms with Gasteiger partial charge in [0, 0.05) is 35.3 Å². The molecule has 9 heteroatoms. The van der Waals surface area contributed by atoms with Crippen LogP contribution in [0.25, 0.3) is 27.8 Å². The quantitative estimate of drug-likeness (QED) is 0.299. The number of hydrogen-bond acceptors (Lipinski definition) is 6. The van der Waals surface area contributed by atoms with Crippen LogP contribution >= 0.6 is 11.3 Å². The van der Waals surface area contributed by atoms with E-state index in [0.717, 1.165) is 22.0 Å². The van der Waals surface area contributed by atoms with E-state index in [4.69, 9.17) is 4.98 Å². The number of fused-ring (bicyclic) bond motifs is 2. The van der Waals surface area contributed by atoms with Gasteiger partial charge >= 0.3 is 0 Å². The number of nitrogens with zero attached hydrogens (tertiary/aromatic N) is 3. The summed E-state index contributed by atoms with van der Waals surface area (Å²) in [5, 5.41) is 20.2. The third-order valence-corrected chi connectivity index (χ3v) is 6.76. The van der Waals surface area contributed by atoms with Crippen molar-refractivity contribution in [1.29, 1.82) is 0 Å². The molecule has 5 rings (SSSR count). The molecule has 0 aliphatic carbocycles. The SMILES string of the molecule is CC[C@H](CO)NC(=O)c1c(-c2ccsc2)nc2c(C(=O)NCc3ccc4ncccc4c3)cccn12. The summed E-state index contributed by atoms with van der Waals surface area (Å²) in [5.41, 5.74) is 4.21. The van der Waals surface area contributed by atoms with Crippen LogP contribution in [-0.4, -0.2) is 43.9 Å². The largest absolute Gasteiger partial charge is 0.394 e. The fourth-order valence-electron chi connectivity index (χ4n) is 4.11. The van der Waals surface area contributed by atoms with Gasteiger partial charge in [-0.1, -0.05) is 19.1 Å². The first-order valence-corrected chi connectivity index (χ1v) is 12.6. The Hall–Kier alpha value is -4.08. The third-order valence-electron chi connectivity index (χ3n) is 6.07. The molecule has 182 valence electrons. The van der Waals surface area contributed by atoms with Crippen molar-refractivity contribution in [3.63, 3.8) is 0 Å². The second-order valence-electron chi connectivity index (χ2n) is 8.41. The van der Waals surface area contributed by atoms with Crippen LogP contribution in [0, 0.1) is 0 Å². The Labute approximate surface area is 211 Å². The van der Waals surface area contributed by atoms with Crippen LogP contribution in [0.3, 0.4) is 0 Å². The first-order chi connectivity index (χ1) is 17.6. The molecule has 0 aliphatic rings. The molecule has 0 bridgehead atoms. The number of amides is 2. The summed E-state index contributed by atoms with van der Waals surface area (Å²) >= 11 is 1.50. The summed E-state index contributed by atoms with van der Waals surface area (Å²) in [4.78, 5) is 35.6. The Bertz CT molecular complexity index is 1540. The van der Waals surface area contributed by atoms with E-state index in [9.17, 15) is 14.7 Å². The minimum absolute atomic E-state index is 0.161. The van der Waals surface area contributed by atoms with Gasteiger partial charge in [-0.15, -0.1) is 0 Å². The lowest BCUT2D eigenvalue weighted by Gasteiger charge is -2.14. The normalized spacial score (nSPS) is 12.1. The molecule has 0 spiro atoms. The number of imidazole rings is 1. The molecule has 5 aromatic rings. The van der Waals surface area contributed by atoms with Crippen LogP contribution in [-0.2, 0) is 6.54 Å². The van der Waals surface area contributed by atoms with Crippen molar-refractivity contribution in [3.8, 4) is 11.3 Å². The maximum atomic E-state index is 13.3. The molecule has 0 radical (unpaired) electrons. The number of pyridine rings is 2. The number of rotatable bonds is 8. The molecule has 0 saturated carbocycles. The van der Waals surface area contributed by atoms with Gasteiger partial charge in [-0.05, 0) is 53.8 Å². The number of aliphatic hydroxyl groups excluding tert-OH is 1. The van der Waals surface area contributed by atoms with E-state index in [0.29, 0.717) is 35.6 Å². The minimum Gasteiger partial charge on any atom is -0.394 e. The van der Waals surface area contributed by atoms with Gasteiger partial charge in [0.05, 0.1) is 23.7 Å². The molecule has 0 saturated heterocycles. The van der Waals surface area contributed by atoms with E-state index < -0.39 is 0 Å². The summed E-state index contributed by atoms with van der Waals surface area (Å²) in [6.07, 6.45) is 4.06. The van der Waals surface area contributed by atoms with Crippen molar-refractivity contribution in [2.24, 2.45) is 0 Å². The Balaban J connectivity index is 1.48. The lowest BCUT2D eigenvalue weighted by atomic mass is 10.1. The summed E-state index contributed by atoms with van der Waals surface area (Å²) in [7, 11) is 0. The van der Waals surface area contributed by atoms with Gasteiger partial charge in [0.1, 0.15) is 11.4 Å².